The van der Waals surface area contributed by atoms with Crippen molar-refractivity contribution in [1.82, 2.24) is 5.32 Å². The van der Waals surface area contributed by atoms with E-state index in [0.29, 0.717) is 6.54 Å². The molecule has 0 fully saturated rings. The molecule has 0 saturated heterocycles. The Morgan fingerprint density at radius 2 is 1.91 bits per heavy atom. The van der Waals surface area contributed by atoms with Crippen molar-refractivity contribution in [3.05, 3.63) is 70.0 Å². The van der Waals surface area contributed by atoms with Crippen molar-refractivity contribution in [2.45, 2.75) is 12.8 Å². The highest BCUT2D eigenvalue weighted by atomic mass is 19.1. The topological polar surface area (TPSA) is 84.3 Å². The monoisotopic (exact) mass is 317 g/mol. The summed E-state index contributed by atoms with van der Waals surface area (Å²) in [6.07, 6.45) is 1.60. The van der Waals surface area contributed by atoms with Crippen LogP contribution in [0.5, 0.6) is 0 Å². The number of carbonyl (C=O) groups is 1. The third-order valence-electron chi connectivity index (χ3n) is 3.17. The zero-order valence-electron chi connectivity index (χ0n) is 12.3. The minimum atomic E-state index is -0.941. The number of nitro groups is 1. The summed E-state index contributed by atoms with van der Waals surface area (Å²) < 4.78 is 13.2. The van der Waals surface area contributed by atoms with Crippen LogP contribution in [0.3, 0.4) is 0 Å². The van der Waals surface area contributed by atoms with Crippen LogP contribution in [0.4, 0.5) is 20.6 Å². The van der Waals surface area contributed by atoms with Crippen LogP contribution in [0.15, 0.2) is 48.5 Å². The molecule has 6 nitrogen and oxygen atoms in total. The molecular formula is C16H16FN3O3. The fourth-order valence-electron chi connectivity index (χ4n) is 2.04. The molecule has 0 aliphatic heterocycles. The van der Waals surface area contributed by atoms with Gasteiger partial charge in [0, 0.05) is 18.3 Å². The Labute approximate surface area is 132 Å². The van der Waals surface area contributed by atoms with Gasteiger partial charge >= 0.3 is 11.7 Å². The number of hydrogen-bond donors (Lipinski definition) is 2. The van der Waals surface area contributed by atoms with E-state index in [1.807, 2.05) is 30.3 Å². The number of aryl methyl sites for hydroxylation is 1. The molecule has 2 aromatic rings. The molecule has 7 heteroatoms. The quantitative estimate of drug-likeness (QED) is 0.486. The normalized spacial score (nSPS) is 10.1. The summed E-state index contributed by atoms with van der Waals surface area (Å²) in [5.74, 6) is -0.941. The molecule has 23 heavy (non-hydrogen) atoms. The Kier molecular flexibility index (Phi) is 5.62. The summed E-state index contributed by atoms with van der Waals surface area (Å²) in [5, 5.41) is 15.7. The zero-order valence-corrected chi connectivity index (χ0v) is 12.3. The van der Waals surface area contributed by atoms with Gasteiger partial charge in [0.2, 0.25) is 5.82 Å². The summed E-state index contributed by atoms with van der Waals surface area (Å²) in [5.41, 5.74) is 0.675. The van der Waals surface area contributed by atoms with Crippen molar-refractivity contribution < 1.29 is 14.1 Å². The molecule has 2 rings (SSSR count). The Morgan fingerprint density at radius 3 is 2.61 bits per heavy atom. The van der Waals surface area contributed by atoms with Crippen LogP contribution >= 0.6 is 0 Å². The zero-order chi connectivity index (χ0) is 16.7. The van der Waals surface area contributed by atoms with Gasteiger partial charge in [-0.05, 0) is 30.5 Å². The standard InChI is InChI=1S/C16H16FN3O3/c17-14-9-8-13(11-15(14)20(22)23)19-16(21)18-10-4-7-12-5-2-1-3-6-12/h1-3,5-6,8-9,11H,4,7,10H2,(H2,18,19,21). The lowest BCUT2D eigenvalue weighted by Gasteiger charge is -2.08. The molecule has 0 heterocycles. The van der Waals surface area contributed by atoms with E-state index in [9.17, 15) is 19.3 Å². The number of anilines is 1. The van der Waals surface area contributed by atoms with Crippen molar-refractivity contribution in [1.29, 1.82) is 0 Å². The molecule has 120 valence electrons. The SMILES string of the molecule is O=C(NCCCc1ccccc1)Nc1ccc(F)c([N+](=O)[O-])c1. The van der Waals surface area contributed by atoms with Gasteiger partial charge in [-0.15, -0.1) is 0 Å². The number of urea groups is 1. The van der Waals surface area contributed by atoms with Crippen LogP contribution in [0.25, 0.3) is 0 Å². The number of benzene rings is 2. The number of rotatable bonds is 6. The van der Waals surface area contributed by atoms with E-state index in [4.69, 9.17) is 0 Å². The molecule has 0 aliphatic rings. The van der Waals surface area contributed by atoms with Crippen molar-refractivity contribution in [2.75, 3.05) is 11.9 Å². The molecule has 2 N–H and O–H groups in total. The Bertz CT molecular complexity index is 692. The van der Waals surface area contributed by atoms with Gasteiger partial charge in [-0.25, -0.2) is 4.79 Å². The highest BCUT2D eigenvalue weighted by Crippen LogP contribution is 2.21. The number of nitrogens with one attached hydrogen (secondary N) is 2. The summed E-state index contributed by atoms with van der Waals surface area (Å²) in [6.45, 7) is 0.462. The minimum absolute atomic E-state index is 0.165. The number of hydrogen-bond acceptors (Lipinski definition) is 3. The molecule has 0 aromatic heterocycles. The second-order valence-corrected chi connectivity index (χ2v) is 4.89. The van der Waals surface area contributed by atoms with Crippen LogP contribution in [-0.2, 0) is 6.42 Å². The maximum absolute atomic E-state index is 13.2. The fourth-order valence-corrected chi connectivity index (χ4v) is 2.04. The Hall–Kier alpha value is -2.96. The smallest absolute Gasteiger partial charge is 0.319 e. The highest BCUT2D eigenvalue weighted by Gasteiger charge is 2.15. The predicted octanol–water partition coefficient (Wildman–Crippen LogP) is 3.49. The van der Waals surface area contributed by atoms with Crippen molar-refractivity contribution >= 4 is 17.4 Å². The van der Waals surface area contributed by atoms with Crippen molar-refractivity contribution in [3.8, 4) is 0 Å². The molecule has 2 aromatic carbocycles. The molecule has 0 unspecified atom stereocenters. The van der Waals surface area contributed by atoms with Gasteiger partial charge in [-0.3, -0.25) is 10.1 Å². The molecule has 0 aliphatic carbocycles. The van der Waals surface area contributed by atoms with Crippen molar-refractivity contribution in [3.63, 3.8) is 0 Å². The lowest BCUT2D eigenvalue weighted by molar-refractivity contribution is -0.387. The lowest BCUT2D eigenvalue weighted by Crippen LogP contribution is -2.29. The van der Waals surface area contributed by atoms with E-state index in [1.54, 1.807) is 0 Å². The first kappa shape index (κ1) is 16.4. The molecular weight excluding hydrogens is 301 g/mol. The van der Waals surface area contributed by atoms with Crippen LogP contribution in [0.2, 0.25) is 0 Å². The number of nitro benzene ring substituents is 1. The minimum Gasteiger partial charge on any atom is -0.338 e. The second kappa shape index (κ2) is 7.88. The first-order valence-corrected chi connectivity index (χ1v) is 7.09. The van der Waals surface area contributed by atoms with Crippen LogP contribution < -0.4 is 10.6 Å². The number of halogens is 1. The van der Waals surface area contributed by atoms with Crippen molar-refractivity contribution in [2.24, 2.45) is 0 Å². The third kappa shape index (κ3) is 5.06. The highest BCUT2D eigenvalue weighted by molar-refractivity contribution is 5.89. The lowest BCUT2D eigenvalue weighted by atomic mass is 10.1. The van der Waals surface area contributed by atoms with Crippen LogP contribution in [-0.4, -0.2) is 17.5 Å². The van der Waals surface area contributed by atoms with E-state index < -0.39 is 22.5 Å². The fraction of sp³-hybridized carbons (Fsp3) is 0.188. The van der Waals surface area contributed by atoms with Crippen LogP contribution in [0.1, 0.15) is 12.0 Å². The summed E-state index contributed by atoms with van der Waals surface area (Å²) >= 11 is 0. The first-order chi connectivity index (χ1) is 11.1. The molecule has 0 atom stereocenters. The molecule has 0 saturated carbocycles. The Morgan fingerprint density at radius 1 is 1.17 bits per heavy atom. The van der Waals surface area contributed by atoms with Gasteiger partial charge in [0.1, 0.15) is 0 Å². The second-order valence-electron chi connectivity index (χ2n) is 4.89. The summed E-state index contributed by atoms with van der Waals surface area (Å²) in [4.78, 5) is 21.5. The van der Waals surface area contributed by atoms with E-state index >= 15 is 0 Å². The molecule has 0 radical (unpaired) electrons. The average Bonchev–Trinajstić information content (AvgIpc) is 2.54. The van der Waals surface area contributed by atoms with Gasteiger partial charge in [0.25, 0.3) is 0 Å². The number of amides is 2. The number of carbonyl (C=O) groups excluding carboxylic acids is 1. The van der Waals surface area contributed by atoms with Gasteiger partial charge in [0.15, 0.2) is 0 Å². The van der Waals surface area contributed by atoms with Gasteiger partial charge in [-0.1, -0.05) is 30.3 Å². The maximum atomic E-state index is 13.2. The maximum Gasteiger partial charge on any atom is 0.319 e. The molecule has 0 bridgehead atoms. The Balaban J connectivity index is 1.79. The number of nitrogens with zero attached hydrogens (tertiary/aromatic N) is 1. The average molecular weight is 317 g/mol. The van der Waals surface area contributed by atoms with Gasteiger partial charge < -0.3 is 10.6 Å². The van der Waals surface area contributed by atoms with E-state index in [-0.39, 0.29) is 5.69 Å². The van der Waals surface area contributed by atoms with Crippen LogP contribution in [0, 0.1) is 15.9 Å². The van der Waals surface area contributed by atoms with E-state index in [2.05, 4.69) is 10.6 Å². The summed E-state index contributed by atoms with van der Waals surface area (Å²) in [6, 6.07) is 12.6. The first-order valence-electron chi connectivity index (χ1n) is 7.09. The molecule has 2 amide bonds. The largest absolute Gasteiger partial charge is 0.338 e. The third-order valence-corrected chi connectivity index (χ3v) is 3.17. The van der Waals surface area contributed by atoms with Gasteiger partial charge in [-0.2, -0.15) is 4.39 Å². The summed E-state index contributed by atoms with van der Waals surface area (Å²) in [7, 11) is 0. The van der Waals surface area contributed by atoms with Gasteiger partial charge in [0.05, 0.1) is 4.92 Å². The van der Waals surface area contributed by atoms with E-state index in [0.717, 1.165) is 25.0 Å². The predicted molar refractivity (Wildman–Crippen MR) is 84.8 cm³/mol. The van der Waals surface area contributed by atoms with E-state index in [1.165, 1.54) is 11.6 Å². The molecule has 0 spiro atoms.